The maximum atomic E-state index is 11.9. The SMILES string of the molecule is O=C(NCc1ncc[nH]1)c1cc(Br)ccc1Cl. The zero-order chi connectivity index (χ0) is 12.3. The summed E-state index contributed by atoms with van der Waals surface area (Å²) in [6.45, 7) is 0.342. The van der Waals surface area contributed by atoms with Gasteiger partial charge >= 0.3 is 0 Å². The van der Waals surface area contributed by atoms with Gasteiger partial charge in [0.05, 0.1) is 17.1 Å². The molecule has 17 heavy (non-hydrogen) atoms. The van der Waals surface area contributed by atoms with Gasteiger partial charge in [0, 0.05) is 16.9 Å². The van der Waals surface area contributed by atoms with Crippen LogP contribution in [0.15, 0.2) is 35.1 Å². The highest BCUT2D eigenvalue weighted by Crippen LogP contribution is 2.20. The zero-order valence-electron chi connectivity index (χ0n) is 8.71. The van der Waals surface area contributed by atoms with Crippen molar-refractivity contribution < 1.29 is 4.79 Å². The van der Waals surface area contributed by atoms with Crippen LogP contribution in [0.3, 0.4) is 0 Å². The lowest BCUT2D eigenvalue weighted by molar-refractivity contribution is 0.0950. The number of aromatic nitrogens is 2. The van der Waals surface area contributed by atoms with E-state index in [9.17, 15) is 4.79 Å². The molecular weight excluding hydrogens is 305 g/mol. The molecule has 0 fully saturated rings. The van der Waals surface area contributed by atoms with E-state index in [4.69, 9.17) is 11.6 Å². The summed E-state index contributed by atoms with van der Waals surface area (Å²) in [7, 11) is 0. The molecule has 0 radical (unpaired) electrons. The highest BCUT2D eigenvalue weighted by Gasteiger charge is 2.10. The van der Waals surface area contributed by atoms with Crippen LogP contribution in [0.1, 0.15) is 16.2 Å². The summed E-state index contributed by atoms with van der Waals surface area (Å²) >= 11 is 9.24. The van der Waals surface area contributed by atoms with Gasteiger partial charge in [-0.05, 0) is 18.2 Å². The molecule has 0 aliphatic heterocycles. The van der Waals surface area contributed by atoms with E-state index in [0.717, 1.165) is 4.47 Å². The number of nitrogens with zero attached hydrogens (tertiary/aromatic N) is 1. The first kappa shape index (κ1) is 12.1. The number of rotatable bonds is 3. The number of amides is 1. The molecule has 1 aromatic carbocycles. The number of halogens is 2. The van der Waals surface area contributed by atoms with Crippen LogP contribution in [0.25, 0.3) is 0 Å². The monoisotopic (exact) mass is 313 g/mol. The molecule has 0 atom stereocenters. The van der Waals surface area contributed by atoms with Crippen molar-refractivity contribution >= 4 is 33.4 Å². The number of benzene rings is 1. The van der Waals surface area contributed by atoms with Crippen LogP contribution in [0.2, 0.25) is 5.02 Å². The van der Waals surface area contributed by atoms with E-state index in [1.165, 1.54) is 0 Å². The normalized spacial score (nSPS) is 10.2. The van der Waals surface area contributed by atoms with Crippen molar-refractivity contribution in [3.63, 3.8) is 0 Å². The van der Waals surface area contributed by atoms with E-state index in [2.05, 4.69) is 31.2 Å². The van der Waals surface area contributed by atoms with Crippen molar-refractivity contribution in [3.05, 3.63) is 51.5 Å². The summed E-state index contributed by atoms with van der Waals surface area (Å²) in [5.74, 6) is 0.470. The average molecular weight is 315 g/mol. The fourth-order valence-corrected chi connectivity index (χ4v) is 1.89. The van der Waals surface area contributed by atoms with E-state index in [-0.39, 0.29) is 5.91 Å². The van der Waals surface area contributed by atoms with Crippen molar-refractivity contribution in [2.45, 2.75) is 6.54 Å². The number of H-pyrrole nitrogens is 1. The Morgan fingerprint density at radius 1 is 1.53 bits per heavy atom. The number of carbonyl (C=O) groups is 1. The molecule has 6 heteroatoms. The summed E-state index contributed by atoms with van der Waals surface area (Å²) in [5.41, 5.74) is 0.438. The van der Waals surface area contributed by atoms with Crippen molar-refractivity contribution in [1.82, 2.24) is 15.3 Å². The number of imidazole rings is 1. The van der Waals surface area contributed by atoms with E-state index >= 15 is 0 Å². The Labute approximate surface area is 112 Å². The van der Waals surface area contributed by atoms with Crippen LogP contribution in [0.4, 0.5) is 0 Å². The lowest BCUT2D eigenvalue weighted by Crippen LogP contribution is -2.23. The third-order valence-electron chi connectivity index (χ3n) is 2.14. The second-order valence-electron chi connectivity index (χ2n) is 3.34. The second kappa shape index (κ2) is 5.33. The Hall–Kier alpha value is -1.33. The van der Waals surface area contributed by atoms with Gasteiger partial charge in [-0.2, -0.15) is 0 Å². The summed E-state index contributed by atoms with van der Waals surface area (Å²) in [6.07, 6.45) is 3.33. The van der Waals surface area contributed by atoms with Crippen molar-refractivity contribution in [1.29, 1.82) is 0 Å². The number of aromatic amines is 1. The number of hydrogen-bond donors (Lipinski definition) is 2. The highest BCUT2D eigenvalue weighted by molar-refractivity contribution is 9.10. The molecule has 88 valence electrons. The lowest BCUT2D eigenvalue weighted by atomic mass is 10.2. The van der Waals surface area contributed by atoms with Crippen molar-refractivity contribution in [2.24, 2.45) is 0 Å². The van der Waals surface area contributed by atoms with E-state index < -0.39 is 0 Å². The van der Waals surface area contributed by atoms with Crippen molar-refractivity contribution in [2.75, 3.05) is 0 Å². The Morgan fingerprint density at radius 2 is 2.35 bits per heavy atom. The summed E-state index contributed by atoms with van der Waals surface area (Å²) < 4.78 is 0.810. The topological polar surface area (TPSA) is 57.8 Å². The first-order chi connectivity index (χ1) is 8.16. The Balaban J connectivity index is 2.07. The Kier molecular flexibility index (Phi) is 3.81. The first-order valence-corrected chi connectivity index (χ1v) is 6.05. The predicted octanol–water partition coefficient (Wildman–Crippen LogP) is 2.76. The fraction of sp³-hybridized carbons (Fsp3) is 0.0909. The number of nitrogens with one attached hydrogen (secondary N) is 2. The zero-order valence-corrected chi connectivity index (χ0v) is 11.0. The molecule has 0 bridgehead atoms. The van der Waals surface area contributed by atoms with Gasteiger partial charge in [-0.1, -0.05) is 27.5 Å². The molecule has 2 rings (SSSR count). The van der Waals surface area contributed by atoms with Gasteiger partial charge in [0.15, 0.2) is 0 Å². The minimum absolute atomic E-state index is 0.229. The number of hydrogen-bond acceptors (Lipinski definition) is 2. The van der Waals surface area contributed by atoms with Gasteiger partial charge in [0.1, 0.15) is 5.82 Å². The molecule has 1 amide bonds. The molecule has 0 saturated carbocycles. The quantitative estimate of drug-likeness (QED) is 0.915. The van der Waals surface area contributed by atoms with E-state index in [1.54, 1.807) is 30.6 Å². The largest absolute Gasteiger partial charge is 0.347 e. The lowest BCUT2D eigenvalue weighted by Gasteiger charge is -2.05. The van der Waals surface area contributed by atoms with Gasteiger partial charge < -0.3 is 10.3 Å². The molecule has 0 unspecified atom stereocenters. The van der Waals surface area contributed by atoms with Gasteiger partial charge in [0.2, 0.25) is 0 Å². The highest BCUT2D eigenvalue weighted by atomic mass is 79.9. The molecule has 0 aliphatic carbocycles. The summed E-state index contributed by atoms with van der Waals surface area (Å²) in [6, 6.07) is 5.14. The van der Waals surface area contributed by atoms with Gasteiger partial charge in [-0.25, -0.2) is 4.98 Å². The number of carbonyl (C=O) groups excluding carboxylic acids is 1. The summed E-state index contributed by atoms with van der Waals surface area (Å²) in [5, 5.41) is 3.15. The molecule has 2 N–H and O–H groups in total. The molecule has 0 spiro atoms. The average Bonchev–Trinajstić information content (AvgIpc) is 2.82. The molecular formula is C11H9BrClN3O. The van der Waals surface area contributed by atoms with Gasteiger partial charge in [0.25, 0.3) is 5.91 Å². The van der Waals surface area contributed by atoms with Gasteiger partial charge in [-0.3, -0.25) is 4.79 Å². The van der Waals surface area contributed by atoms with Crippen LogP contribution in [0, 0.1) is 0 Å². The van der Waals surface area contributed by atoms with Crippen LogP contribution in [0.5, 0.6) is 0 Å². The maximum absolute atomic E-state index is 11.9. The Bertz CT molecular complexity index is 528. The third kappa shape index (κ3) is 3.08. The molecule has 1 heterocycles. The van der Waals surface area contributed by atoms with Crippen LogP contribution in [-0.4, -0.2) is 15.9 Å². The third-order valence-corrected chi connectivity index (χ3v) is 2.97. The van der Waals surface area contributed by atoms with Crippen LogP contribution >= 0.6 is 27.5 Å². The van der Waals surface area contributed by atoms with E-state index in [0.29, 0.717) is 23.0 Å². The maximum Gasteiger partial charge on any atom is 0.253 e. The van der Waals surface area contributed by atoms with Crippen LogP contribution < -0.4 is 5.32 Å². The first-order valence-electron chi connectivity index (χ1n) is 4.88. The molecule has 0 saturated heterocycles. The Morgan fingerprint density at radius 3 is 3.06 bits per heavy atom. The second-order valence-corrected chi connectivity index (χ2v) is 4.67. The predicted molar refractivity (Wildman–Crippen MR) is 68.9 cm³/mol. The standard InChI is InChI=1S/C11H9BrClN3O/c12-7-1-2-9(13)8(5-7)11(17)16-6-10-14-3-4-15-10/h1-5H,6H2,(H,14,15)(H,16,17). The van der Waals surface area contributed by atoms with Gasteiger partial charge in [-0.15, -0.1) is 0 Å². The minimum Gasteiger partial charge on any atom is -0.347 e. The smallest absolute Gasteiger partial charge is 0.253 e. The van der Waals surface area contributed by atoms with E-state index in [1.807, 2.05) is 0 Å². The van der Waals surface area contributed by atoms with Crippen molar-refractivity contribution in [3.8, 4) is 0 Å². The minimum atomic E-state index is -0.229. The molecule has 4 nitrogen and oxygen atoms in total. The molecule has 0 aliphatic rings. The van der Waals surface area contributed by atoms with Crippen LogP contribution in [-0.2, 0) is 6.54 Å². The molecule has 1 aromatic heterocycles. The summed E-state index contributed by atoms with van der Waals surface area (Å²) in [4.78, 5) is 18.8. The molecule has 2 aromatic rings. The fourth-order valence-electron chi connectivity index (χ4n) is 1.33.